The zero-order valence-electron chi connectivity index (χ0n) is 9.94. The summed E-state index contributed by atoms with van der Waals surface area (Å²) < 4.78 is 13.2. The fourth-order valence-electron chi connectivity index (χ4n) is 2.72. The Hall–Kier alpha value is -1.74. The van der Waals surface area contributed by atoms with E-state index < -0.39 is 5.60 Å². The normalized spacial score (nSPS) is 21.9. The van der Waals surface area contributed by atoms with Crippen LogP contribution in [-0.2, 0) is 18.4 Å². The maximum atomic E-state index is 13.2. The first-order valence-corrected chi connectivity index (χ1v) is 6.08. The highest BCUT2D eigenvalue weighted by atomic mass is 19.1. The minimum absolute atomic E-state index is 0.234. The van der Waals surface area contributed by atoms with Crippen LogP contribution < -0.4 is 0 Å². The Kier molecular flexibility index (Phi) is 2.63. The Morgan fingerprint density at radius 2 is 2.00 bits per heavy atom. The number of nitrogens with zero attached hydrogens (tertiary/aromatic N) is 1. The molecular weight excluding hydrogens is 229 g/mol. The Morgan fingerprint density at radius 3 is 2.78 bits per heavy atom. The van der Waals surface area contributed by atoms with Crippen molar-refractivity contribution in [2.24, 2.45) is 0 Å². The number of hydrogen-bond donors (Lipinski definition) is 1. The molecule has 0 saturated carbocycles. The van der Waals surface area contributed by atoms with E-state index in [9.17, 15) is 9.50 Å². The van der Waals surface area contributed by atoms with Crippen LogP contribution in [0.5, 0.6) is 0 Å². The van der Waals surface area contributed by atoms with E-state index in [0.717, 1.165) is 23.1 Å². The van der Waals surface area contributed by atoms with Crippen LogP contribution in [0.25, 0.3) is 0 Å². The van der Waals surface area contributed by atoms with Gasteiger partial charge in [0.1, 0.15) is 5.82 Å². The molecule has 1 aliphatic rings. The van der Waals surface area contributed by atoms with Crippen molar-refractivity contribution < 1.29 is 9.50 Å². The SMILES string of the molecule is OC1(Cc2ccncc2)CCc2cc(F)ccc21. The topological polar surface area (TPSA) is 33.1 Å². The second-order valence-electron chi connectivity index (χ2n) is 4.87. The molecule has 1 aromatic heterocycles. The molecule has 1 atom stereocenters. The zero-order valence-corrected chi connectivity index (χ0v) is 9.94. The number of pyridine rings is 1. The molecule has 0 fully saturated rings. The van der Waals surface area contributed by atoms with Gasteiger partial charge in [-0.2, -0.15) is 0 Å². The molecule has 0 bridgehead atoms. The van der Waals surface area contributed by atoms with Crippen molar-refractivity contribution in [2.45, 2.75) is 24.9 Å². The van der Waals surface area contributed by atoms with Gasteiger partial charge in [0.25, 0.3) is 0 Å². The fraction of sp³-hybridized carbons (Fsp3) is 0.267. The molecule has 3 heteroatoms. The van der Waals surface area contributed by atoms with Crippen LogP contribution in [0.1, 0.15) is 23.1 Å². The Labute approximate surface area is 105 Å². The number of aromatic nitrogens is 1. The fourth-order valence-corrected chi connectivity index (χ4v) is 2.72. The summed E-state index contributed by atoms with van der Waals surface area (Å²) in [6.07, 6.45) is 5.37. The van der Waals surface area contributed by atoms with Gasteiger partial charge < -0.3 is 5.11 Å². The largest absolute Gasteiger partial charge is 0.385 e. The molecule has 0 saturated heterocycles. The highest BCUT2D eigenvalue weighted by Gasteiger charge is 2.36. The monoisotopic (exact) mass is 243 g/mol. The van der Waals surface area contributed by atoms with Crippen molar-refractivity contribution in [1.29, 1.82) is 0 Å². The lowest BCUT2D eigenvalue weighted by Crippen LogP contribution is -2.25. The molecule has 0 amide bonds. The van der Waals surface area contributed by atoms with Crippen LogP contribution in [0, 0.1) is 5.82 Å². The lowest BCUT2D eigenvalue weighted by atomic mass is 9.89. The molecule has 1 unspecified atom stereocenters. The van der Waals surface area contributed by atoms with Crippen LogP contribution in [0.4, 0.5) is 4.39 Å². The highest BCUT2D eigenvalue weighted by molar-refractivity contribution is 5.39. The molecule has 1 heterocycles. The van der Waals surface area contributed by atoms with E-state index in [1.165, 1.54) is 12.1 Å². The van der Waals surface area contributed by atoms with Gasteiger partial charge in [0.15, 0.2) is 0 Å². The van der Waals surface area contributed by atoms with Gasteiger partial charge in [-0.1, -0.05) is 6.07 Å². The quantitative estimate of drug-likeness (QED) is 0.879. The van der Waals surface area contributed by atoms with Gasteiger partial charge in [0.05, 0.1) is 5.60 Å². The smallest absolute Gasteiger partial charge is 0.123 e. The van der Waals surface area contributed by atoms with Crippen molar-refractivity contribution >= 4 is 0 Å². The van der Waals surface area contributed by atoms with Gasteiger partial charge in [-0.25, -0.2) is 4.39 Å². The predicted octanol–water partition coefficient (Wildman–Crippen LogP) is 2.60. The van der Waals surface area contributed by atoms with E-state index in [-0.39, 0.29) is 5.82 Å². The van der Waals surface area contributed by atoms with E-state index in [0.29, 0.717) is 12.8 Å². The molecule has 92 valence electrons. The summed E-state index contributed by atoms with van der Waals surface area (Å²) in [7, 11) is 0. The summed E-state index contributed by atoms with van der Waals surface area (Å²) in [5.74, 6) is -0.234. The van der Waals surface area contributed by atoms with Gasteiger partial charge in [-0.05, 0) is 53.8 Å². The molecule has 1 aliphatic carbocycles. The summed E-state index contributed by atoms with van der Waals surface area (Å²) in [4.78, 5) is 3.97. The maximum Gasteiger partial charge on any atom is 0.123 e. The van der Waals surface area contributed by atoms with Gasteiger partial charge in [-0.3, -0.25) is 4.98 Å². The van der Waals surface area contributed by atoms with Crippen molar-refractivity contribution in [1.82, 2.24) is 4.98 Å². The average molecular weight is 243 g/mol. The summed E-state index contributed by atoms with van der Waals surface area (Å²) >= 11 is 0. The first-order valence-electron chi connectivity index (χ1n) is 6.08. The first-order chi connectivity index (χ1) is 8.67. The minimum Gasteiger partial charge on any atom is -0.385 e. The summed E-state index contributed by atoms with van der Waals surface area (Å²) in [6.45, 7) is 0. The zero-order chi connectivity index (χ0) is 12.6. The van der Waals surface area contributed by atoms with Crippen molar-refractivity contribution in [3.63, 3.8) is 0 Å². The third-order valence-electron chi connectivity index (χ3n) is 3.62. The van der Waals surface area contributed by atoms with E-state index in [2.05, 4.69) is 4.98 Å². The molecule has 1 N–H and O–H groups in total. The Balaban J connectivity index is 1.94. The number of fused-ring (bicyclic) bond motifs is 1. The molecule has 18 heavy (non-hydrogen) atoms. The number of hydrogen-bond acceptors (Lipinski definition) is 2. The summed E-state index contributed by atoms with van der Waals surface area (Å²) in [6, 6.07) is 8.46. The van der Waals surface area contributed by atoms with Gasteiger partial charge in [0.2, 0.25) is 0 Å². The summed E-state index contributed by atoms with van der Waals surface area (Å²) in [5.41, 5.74) is 1.96. The van der Waals surface area contributed by atoms with Crippen LogP contribution in [0.15, 0.2) is 42.7 Å². The summed E-state index contributed by atoms with van der Waals surface area (Å²) in [5, 5.41) is 10.7. The predicted molar refractivity (Wildman–Crippen MR) is 66.6 cm³/mol. The van der Waals surface area contributed by atoms with Gasteiger partial charge in [-0.15, -0.1) is 0 Å². The third-order valence-corrected chi connectivity index (χ3v) is 3.62. The molecule has 2 nitrogen and oxygen atoms in total. The molecule has 0 aliphatic heterocycles. The van der Waals surface area contributed by atoms with Gasteiger partial charge in [0, 0.05) is 18.8 Å². The van der Waals surface area contributed by atoms with Crippen LogP contribution >= 0.6 is 0 Å². The number of aryl methyl sites for hydroxylation is 1. The average Bonchev–Trinajstić information content (AvgIpc) is 2.67. The molecule has 2 aromatic rings. The third kappa shape index (κ3) is 1.91. The molecule has 0 spiro atoms. The minimum atomic E-state index is -0.871. The second kappa shape index (κ2) is 4.18. The first kappa shape index (κ1) is 11.4. The Morgan fingerprint density at radius 1 is 1.22 bits per heavy atom. The van der Waals surface area contributed by atoms with E-state index in [1.807, 2.05) is 12.1 Å². The lowest BCUT2D eigenvalue weighted by Gasteiger charge is -2.24. The second-order valence-corrected chi connectivity index (χ2v) is 4.87. The molecule has 1 aromatic carbocycles. The number of benzene rings is 1. The van der Waals surface area contributed by atoms with E-state index in [4.69, 9.17) is 0 Å². The number of halogens is 1. The number of aliphatic hydroxyl groups is 1. The number of rotatable bonds is 2. The van der Waals surface area contributed by atoms with Gasteiger partial charge >= 0.3 is 0 Å². The van der Waals surface area contributed by atoms with Crippen molar-refractivity contribution in [2.75, 3.05) is 0 Å². The van der Waals surface area contributed by atoms with Crippen LogP contribution in [0.3, 0.4) is 0 Å². The Bertz CT molecular complexity index is 570. The van der Waals surface area contributed by atoms with E-state index in [1.54, 1.807) is 18.5 Å². The van der Waals surface area contributed by atoms with Crippen molar-refractivity contribution in [3.05, 3.63) is 65.2 Å². The van der Waals surface area contributed by atoms with Crippen LogP contribution in [0.2, 0.25) is 0 Å². The van der Waals surface area contributed by atoms with E-state index >= 15 is 0 Å². The highest BCUT2D eigenvalue weighted by Crippen LogP contribution is 2.39. The lowest BCUT2D eigenvalue weighted by molar-refractivity contribution is 0.0389. The van der Waals surface area contributed by atoms with Crippen molar-refractivity contribution in [3.8, 4) is 0 Å². The van der Waals surface area contributed by atoms with Crippen LogP contribution in [-0.4, -0.2) is 10.1 Å². The maximum absolute atomic E-state index is 13.2. The molecular formula is C15H14FNO. The molecule has 0 radical (unpaired) electrons. The standard InChI is InChI=1S/C15H14FNO/c16-13-1-2-14-12(9-13)3-6-15(14,18)10-11-4-7-17-8-5-11/h1-2,4-5,7-9,18H,3,6,10H2. The molecule has 3 rings (SSSR count).